The number of hydrogen-bond acceptors (Lipinski definition) is 6. The summed E-state index contributed by atoms with van der Waals surface area (Å²) in [6, 6.07) is 21.7. The number of ether oxygens (including phenoxy) is 3. The lowest BCUT2D eigenvalue weighted by Gasteiger charge is -2.25. The molecular formula is C30H31N3O4. The Bertz CT molecular complexity index is 1410. The van der Waals surface area contributed by atoms with Crippen LogP contribution in [-0.4, -0.2) is 56.8 Å². The molecule has 1 amide bonds. The molecule has 0 spiro atoms. The molecule has 190 valence electrons. The molecule has 3 aromatic carbocycles. The minimum absolute atomic E-state index is 0.104. The minimum atomic E-state index is -0.321. The number of fused-ring (bicyclic) bond motifs is 2. The van der Waals surface area contributed by atoms with Crippen molar-refractivity contribution in [3.63, 3.8) is 0 Å². The lowest BCUT2D eigenvalue weighted by molar-refractivity contribution is -0.121. The summed E-state index contributed by atoms with van der Waals surface area (Å²) in [7, 11) is 5.63. The van der Waals surface area contributed by atoms with E-state index in [2.05, 4.69) is 21.3 Å². The summed E-state index contributed by atoms with van der Waals surface area (Å²) in [6.45, 7) is 1.57. The van der Waals surface area contributed by atoms with Gasteiger partial charge in [0.15, 0.2) is 0 Å². The molecule has 1 unspecified atom stereocenters. The van der Waals surface area contributed by atoms with E-state index < -0.39 is 0 Å². The maximum Gasteiger partial charge on any atom is 0.231 e. The fraction of sp³-hybridized carbons (Fsp3) is 0.267. The van der Waals surface area contributed by atoms with Crippen LogP contribution in [0.1, 0.15) is 5.56 Å². The van der Waals surface area contributed by atoms with Crippen molar-refractivity contribution in [2.45, 2.75) is 6.42 Å². The number of amides is 1. The maximum absolute atomic E-state index is 13.3. The molecule has 0 fully saturated rings. The Morgan fingerprint density at radius 3 is 2.81 bits per heavy atom. The molecule has 1 aliphatic rings. The van der Waals surface area contributed by atoms with Gasteiger partial charge in [-0.3, -0.25) is 9.78 Å². The summed E-state index contributed by atoms with van der Waals surface area (Å²) in [4.78, 5) is 19.8. The summed E-state index contributed by atoms with van der Waals surface area (Å²) in [5.74, 6) is 1.75. The highest BCUT2D eigenvalue weighted by Crippen LogP contribution is 2.35. The number of benzene rings is 3. The van der Waals surface area contributed by atoms with E-state index >= 15 is 0 Å². The van der Waals surface area contributed by atoms with Gasteiger partial charge in [0.1, 0.15) is 30.5 Å². The number of aromatic nitrogens is 1. The number of nitrogens with one attached hydrogen (secondary N) is 1. The van der Waals surface area contributed by atoms with E-state index in [4.69, 9.17) is 14.2 Å². The second kappa shape index (κ2) is 10.9. The summed E-state index contributed by atoms with van der Waals surface area (Å²) in [5, 5.41) is 4.16. The largest absolute Gasteiger partial charge is 0.497 e. The number of likely N-dealkylation sites (N-methyl/N-ethyl adjacent to an activating group) is 1. The normalized spacial score (nSPS) is 14.6. The first-order chi connectivity index (χ1) is 18.0. The number of nitrogens with zero attached hydrogens (tertiary/aromatic N) is 2. The number of anilines is 1. The minimum Gasteiger partial charge on any atom is -0.497 e. The Labute approximate surface area is 217 Å². The number of carbonyl (C=O) groups is 1. The van der Waals surface area contributed by atoms with Gasteiger partial charge in [-0.15, -0.1) is 0 Å². The number of carbonyl (C=O) groups excluding carboxylic acids is 1. The van der Waals surface area contributed by atoms with Gasteiger partial charge in [-0.2, -0.15) is 0 Å². The molecule has 2 heterocycles. The van der Waals surface area contributed by atoms with E-state index in [0.717, 1.165) is 45.6 Å². The van der Waals surface area contributed by atoms with Crippen LogP contribution in [0.3, 0.4) is 0 Å². The fourth-order valence-electron chi connectivity index (χ4n) is 4.50. The highest BCUT2D eigenvalue weighted by molar-refractivity contribution is 5.97. The third-order valence-electron chi connectivity index (χ3n) is 6.54. The lowest BCUT2D eigenvalue weighted by atomic mass is 9.95. The summed E-state index contributed by atoms with van der Waals surface area (Å²) >= 11 is 0. The van der Waals surface area contributed by atoms with Gasteiger partial charge in [-0.05, 0) is 79.7 Å². The lowest BCUT2D eigenvalue weighted by Crippen LogP contribution is -2.32. The van der Waals surface area contributed by atoms with Gasteiger partial charge in [-0.25, -0.2) is 0 Å². The van der Waals surface area contributed by atoms with Crippen molar-refractivity contribution >= 4 is 22.5 Å². The molecule has 1 aromatic heterocycles. The molecule has 5 rings (SSSR count). The van der Waals surface area contributed by atoms with Crippen molar-refractivity contribution in [1.82, 2.24) is 9.88 Å². The van der Waals surface area contributed by atoms with Crippen LogP contribution in [0, 0.1) is 5.92 Å². The molecule has 7 nitrogen and oxygen atoms in total. The second-order valence-corrected chi connectivity index (χ2v) is 9.41. The molecule has 0 aliphatic carbocycles. The summed E-state index contributed by atoms with van der Waals surface area (Å²) in [6.07, 6.45) is 2.39. The zero-order chi connectivity index (χ0) is 25.8. The molecular weight excluding hydrogens is 466 g/mol. The number of hydrogen-bond donors (Lipinski definition) is 1. The first kappa shape index (κ1) is 24.6. The fourth-order valence-corrected chi connectivity index (χ4v) is 4.50. The van der Waals surface area contributed by atoms with Crippen molar-refractivity contribution in [2.75, 3.05) is 46.3 Å². The van der Waals surface area contributed by atoms with Gasteiger partial charge < -0.3 is 24.4 Å². The van der Waals surface area contributed by atoms with Crippen molar-refractivity contribution in [1.29, 1.82) is 0 Å². The van der Waals surface area contributed by atoms with Crippen molar-refractivity contribution in [2.24, 2.45) is 5.92 Å². The second-order valence-electron chi connectivity index (χ2n) is 9.41. The topological polar surface area (TPSA) is 72.9 Å². The van der Waals surface area contributed by atoms with Crippen molar-refractivity contribution in [3.8, 4) is 28.4 Å². The van der Waals surface area contributed by atoms with Crippen LogP contribution in [0.4, 0.5) is 5.69 Å². The Hall–Kier alpha value is -4.10. The van der Waals surface area contributed by atoms with Crippen LogP contribution in [0.2, 0.25) is 0 Å². The maximum atomic E-state index is 13.3. The molecule has 1 aliphatic heterocycles. The van der Waals surface area contributed by atoms with E-state index in [9.17, 15) is 4.79 Å². The summed E-state index contributed by atoms with van der Waals surface area (Å²) < 4.78 is 17.4. The zero-order valence-electron chi connectivity index (χ0n) is 21.4. The molecule has 0 bridgehead atoms. The van der Waals surface area contributed by atoms with Crippen LogP contribution in [0.25, 0.3) is 22.0 Å². The molecule has 1 atom stereocenters. The van der Waals surface area contributed by atoms with E-state index in [1.165, 1.54) is 0 Å². The van der Waals surface area contributed by atoms with Gasteiger partial charge in [-0.1, -0.05) is 24.3 Å². The number of para-hydroxylation sites is 1. The zero-order valence-corrected chi connectivity index (χ0v) is 21.4. The quantitative estimate of drug-likeness (QED) is 0.368. The molecule has 37 heavy (non-hydrogen) atoms. The van der Waals surface area contributed by atoms with Crippen LogP contribution in [0.15, 0.2) is 72.9 Å². The average molecular weight is 498 g/mol. The molecule has 1 N–H and O–H groups in total. The Morgan fingerprint density at radius 2 is 1.97 bits per heavy atom. The monoisotopic (exact) mass is 497 g/mol. The van der Waals surface area contributed by atoms with E-state index in [1.807, 2.05) is 81.0 Å². The predicted molar refractivity (Wildman–Crippen MR) is 146 cm³/mol. The first-order valence-corrected chi connectivity index (χ1v) is 12.4. The number of rotatable bonds is 8. The standard InChI is InChI=1S/C30H31N3O4/c1-33(2)14-15-36-29-18-20(24-12-13-31-26-7-5-4-6-25(24)26)8-10-27(29)32-30(34)22-16-21-17-23(35-3)9-11-28(21)37-19-22/h4-13,17-18,22H,14-16,19H2,1-3H3,(H,32,34). The predicted octanol–water partition coefficient (Wildman–Crippen LogP) is 5.04. The third kappa shape index (κ3) is 5.52. The van der Waals surface area contributed by atoms with Crippen LogP contribution >= 0.6 is 0 Å². The molecule has 7 heteroatoms. The average Bonchev–Trinajstić information content (AvgIpc) is 2.92. The molecule has 4 aromatic rings. The van der Waals surface area contributed by atoms with E-state index in [-0.39, 0.29) is 11.8 Å². The third-order valence-corrected chi connectivity index (χ3v) is 6.54. The van der Waals surface area contributed by atoms with Gasteiger partial charge in [0.05, 0.1) is 24.2 Å². The molecule has 0 saturated carbocycles. The number of methoxy groups -OCH3 is 1. The molecule has 0 saturated heterocycles. The first-order valence-electron chi connectivity index (χ1n) is 12.4. The van der Waals surface area contributed by atoms with Crippen LogP contribution in [0.5, 0.6) is 17.2 Å². The van der Waals surface area contributed by atoms with Crippen molar-refractivity contribution in [3.05, 3.63) is 78.5 Å². The smallest absolute Gasteiger partial charge is 0.231 e. The Kier molecular flexibility index (Phi) is 7.23. The highest BCUT2D eigenvalue weighted by atomic mass is 16.5. The van der Waals surface area contributed by atoms with Gasteiger partial charge in [0.2, 0.25) is 5.91 Å². The SMILES string of the molecule is COc1ccc2c(c1)CC(C(=O)Nc1ccc(-c3ccnc4ccccc34)cc1OCCN(C)C)CO2. The number of pyridine rings is 1. The Balaban J connectivity index is 1.41. The van der Waals surface area contributed by atoms with E-state index in [1.54, 1.807) is 7.11 Å². The molecule has 0 radical (unpaired) electrons. The van der Waals surface area contributed by atoms with Crippen molar-refractivity contribution < 1.29 is 19.0 Å². The van der Waals surface area contributed by atoms with Gasteiger partial charge in [0.25, 0.3) is 0 Å². The van der Waals surface area contributed by atoms with Crippen LogP contribution < -0.4 is 19.5 Å². The van der Waals surface area contributed by atoms with Gasteiger partial charge >= 0.3 is 0 Å². The summed E-state index contributed by atoms with van der Waals surface area (Å²) in [5.41, 5.74) is 4.60. The van der Waals surface area contributed by atoms with Gasteiger partial charge in [0, 0.05) is 18.1 Å². The Morgan fingerprint density at radius 1 is 1.11 bits per heavy atom. The van der Waals surface area contributed by atoms with E-state index in [0.29, 0.717) is 31.1 Å². The van der Waals surface area contributed by atoms with Crippen LogP contribution in [-0.2, 0) is 11.2 Å². The highest BCUT2D eigenvalue weighted by Gasteiger charge is 2.27.